The summed E-state index contributed by atoms with van der Waals surface area (Å²) in [4.78, 5) is 16.2. The van der Waals surface area contributed by atoms with E-state index in [1.807, 2.05) is 42.5 Å². The summed E-state index contributed by atoms with van der Waals surface area (Å²) in [6, 6.07) is 13.6. The van der Waals surface area contributed by atoms with Crippen molar-refractivity contribution < 1.29 is 13.9 Å². The largest absolute Gasteiger partial charge is 0.492 e. The number of carbonyl (C=O) groups is 1. The molecule has 30 heavy (non-hydrogen) atoms. The lowest BCUT2D eigenvalue weighted by Gasteiger charge is -2.21. The molecule has 1 amide bonds. The summed E-state index contributed by atoms with van der Waals surface area (Å²) in [5.74, 6) is 1.45. The number of likely N-dealkylation sites (N-methyl/N-ethyl adjacent to an activating group) is 1. The number of rotatable bonds is 8. The molecular formula is C23H26N4O3. The van der Waals surface area contributed by atoms with Crippen molar-refractivity contribution in [2.75, 3.05) is 19.7 Å². The van der Waals surface area contributed by atoms with Crippen molar-refractivity contribution in [3.05, 3.63) is 48.0 Å². The highest BCUT2D eigenvalue weighted by Gasteiger charge is 2.24. The SMILES string of the molecule is CCNCCOc1ccc(-c2nc3ccc(C4=NNC(=O)CC4CC)cc3o2)cc1. The van der Waals surface area contributed by atoms with Gasteiger partial charge >= 0.3 is 0 Å². The van der Waals surface area contributed by atoms with Gasteiger partial charge in [0, 0.05) is 30.0 Å². The van der Waals surface area contributed by atoms with Crippen LogP contribution in [0.1, 0.15) is 32.3 Å². The van der Waals surface area contributed by atoms with E-state index in [0.717, 1.165) is 47.6 Å². The van der Waals surface area contributed by atoms with E-state index in [9.17, 15) is 4.79 Å². The molecule has 3 aromatic rings. The summed E-state index contributed by atoms with van der Waals surface area (Å²) in [7, 11) is 0. The Hall–Kier alpha value is -3.19. The van der Waals surface area contributed by atoms with E-state index in [0.29, 0.717) is 24.5 Å². The molecule has 2 N–H and O–H groups in total. The van der Waals surface area contributed by atoms with Crippen LogP contribution in [0.15, 0.2) is 52.0 Å². The van der Waals surface area contributed by atoms with E-state index in [4.69, 9.17) is 9.15 Å². The molecule has 0 spiro atoms. The second kappa shape index (κ2) is 9.09. The Bertz CT molecular complexity index is 1060. The maximum absolute atomic E-state index is 11.6. The molecule has 1 unspecified atom stereocenters. The minimum absolute atomic E-state index is 0.0392. The van der Waals surface area contributed by atoms with Gasteiger partial charge < -0.3 is 14.5 Å². The van der Waals surface area contributed by atoms with Crippen molar-refractivity contribution in [3.8, 4) is 17.2 Å². The van der Waals surface area contributed by atoms with Crippen molar-refractivity contribution in [3.63, 3.8) is 0 Å². The van der Waals surface area contributed by atoms with E-state index in [1.54, 1.807) is 0 Å². The maximum atomic E-state index is 11.6. The molecule has 1 aliphatic heterocycles. The average Bonchev–Trinajstić information content (AvgIpc) is 3.20. The van der Waals surface area contributed by atoms with Crippen LogP contribution in [0.25, 0.3) is 22.6 Å². The fourth-order valence-corrected chi connectivity index (χ4v) is 3.54. The molecule has 156 valence electrons. The third-order valence-corrected chi connectivity index (χ3v) is 5.20. The van der Waals surface area contributed by atoms with Crippen molar-refractivity contribution in [1.82, 2.24) is 15.7 Å². The summed E-state index contributed by atoms with van der Waals surface area (Å²) < 4.78 is 11.7. The van der Waals surface area contributed by atoms with Crippen molar-refractivity contribution >= 4 is 22.7 Å². The van der Waals surface area contributed by atoms with Gasteiger partial charge in [-0.3, -0.25) is 4.79 Å². The Balaban J connectivity index is 1.53. The number of nitrogens with one attached hydrogen (secondary N) is 2. The second-order valence-electron chi connectivity index (χ2n) is 7.27. The maximum Gasteiger partial charge on any atom is 0.240 e. The summed E-state index contributed by atoms with van der Waals surface area (Å²) in [6.07, 6.45) is 1.31. The zero-order valence-corrected chi connectivity index (χ0v) is 17.3. The number of amides is 1. The fourth-order valence-electron chi connectivity index (χ4n) is 3.54. The fraction of sp³-hybridized carbons (Fsp3) is 0.348. The number of ether oxygens (including phenoxy) is 1. The standard InChI is InChI=1S/C23H26N4O3/c1-3-15-14-21(28)26-27-22(15)17-7-10-19-20(13-17)30-23(25-19)16-5-8-18(9-6-16)29-12-11-24-4-2/h5-10,13,15,24H,3-4,11-12,14H2,1-2H3,(H,26,28). The molecule has 0 bridgehead atoms. The molecule has 1 atom stereocenters. The third-order valence-electron chi connectivity index (χ3n) is 5.20. The van der Waals surface area contributed by atoms with Crippen LogP contribution in [-0.4, -0.2) is 36.3 Å². The molecule has 1 aliphatic rings. The molecule has 0 aliphatic carbocycles. The van der Waals surface area contributed by atoms with Crippen LogP contribution in [-0.2, 0) is 4.79 Å². The zero-order valence-electron chi connectivity index (χ0n) is 17.3. The van der Waals surface area contributed by atoms with Crippen molar-refractivity contribution in [1.29, 1.82) is 0 Å². The van der Waals surface area contributed by atoms with Gasteiger partial charge in [-0.05, 0) is 49.4 Å². The Morgan fingerprint density at radius 1 is 1.17 bits per heavy atom. The molecule has 1 aromatic heterocycles. The first-order valence-corrected chi connectivity index (χ1v) is 10.4. The number of benzene rings is 2. The lowest BCUT2D eigenvalue weighted by molar-refractivity contribution is -0.122. The van der Waals surface area contributed by atoms with Crippen LogP contribution in [0.5, 0.6) is 5.75 Å². The lowest BCUT2D eigenvalue weighted by atomic mass is 9.90. The molecule has 7 heteroatoms. The summed E-state index contributed by atoms with van der Waals surface area (Å²) in [5.41, 5.74) is 6.79. The van der Waals surface area contributed by atoms with Crippen LogP contribution >= 0.6 is 0 Å². The number of fused-ring (bicyclic) bond motifs is 1. The summed E-state index contributed by atoms with van der Waals surface area (Å²) in [5, 5.41) is 7.52. The molecule has 0 saturated heterocycles. The zero-order chi connectivity index (χ0) is 20.9. The minimum atomic E-state index is -0.0392. The van der Waals surface area contributed by atoms with Crippen LogP contribution in [0.3, 0.4) is 0 Å². The van der Waals surface area contributed by atoms with Crippen molar-refractivity contribution in [2.24, 2.45) is 11.0 Å². The van der Waals surface area contributed by atoms with Crippen molar-refractivity contribution in [2.45, 2.75) is 26.7 Å². The van der Waals surface area contributed by atoms with Crippen LogP contribution < -0.4 is 15.5 Å². The highest BCUT2D eigenvalue weighted by molar-refractivity contribution is 6.07. The first-order chi connectivity index (χ1) is 14.7. The Kier molecular flexibility index (Phi) is 6.09. The number of oxazole rings is 1. The topological polar surface area (TPSA) is 88.8 Å². The van der Waals surface area contributed by atoms with Gasteiger partial charge in [0.2, 0.25) is 11.8 Å². The van der Waals surface area contributed by atoms with Gasteiger partial charge in [-0.15, -0.1) is 0 Å². The third kappa shape index (κ3) is 4.36. The van der Waals surface area contributed by atoms with Gasteiger partial charge in [0.15, 0.2) is 5.58 Å². The molecule has 2 heterocycles. The van der Waals surface area contributed by atoms with Crippen LogP contribution in [0.4, 0.5) is 0 Å². The number of nitrogens with zero attached hydrogens (tertiary/aromatic N) is 2. The normalized spacial score (nSPS) is 16.4. The predicted molar refractivity (Wildman–Crippen MR) is 117 cm³/mol. The highest BCUT2D eigenvalue weighted by Crippen LogP contribution is 2.28. The predicted octanol–water partition coefficient (Wildman–Crippen LogP) is 3.73. The van der Waals surface area contributed by atoms with Gasteiger partial charge in [0.1, 0.15) is 17.9 Å². The average molecular weight is 406 g/mol. The Morgan fingerprint density at radius 3 is 2.73 bits per heavy atom. The Labute approximate surface area is 175 Å². The van der Waals surface area contributed by atoms with E-state index in [-0.39, 0.29) is 11.8 Å². The molecule has 0 saturated carbocycles. The first kappa shape index (κ1) is 20.1. The number of hydrogen-bond acceptors (Lipinski definition) is 6. The van der Waals surface area contributed by atoms with Gasteiger partial charge in [-0.1, -0.05) is 19.9 Å². The monoisotopic (exact) mass is 406 g/mol. The van der Waals surface area contributed by atoms with Crippen LogP contribution in [0, 0.1) is 5.92 Å². The quantitative estimate of drug-likeness (QED) is 0.557. The number of carbonyl (C=O) groups excluding carboxylic acids is 1. The highest BCUT2D eigenvalue weighted by atomic mass is 16.5. The number of aromatic nitrogens is 1. The first-order valence-electron chi connectivity index (χ1n) is 10.4. The van der Waals surface area contributed by atoms with Gasteiger partial charge in [-0.25, -0.2) is 10.4 Å². The van der Waals surface area contributed by atoms with Gasteiger partial charge in [0.05, 0.1) is 5.71 Å². The van der Waals surface area contributed by atoms with Gasteiger partial charge in [0.25, 0.3) is 0 Å². The minimum Gasteiger partial charge on any atom is -0.492 e. The van der Waals surface area contributed by atoms with E-state index in [2.05, 4.69) is 34.7 Å². The number of hydrazone groups is 1. The summed E-state index contributed by atoms with van der Waals surface area (Å²) in [6.45, 7) is 6.52. The molecule has 0 fully saturated rings. The molecule has 0 radical (unpaired) electrons. The molecule has 7 nitrogen and oxygen atoms in total. The Morgan fingerprint density at radius 2 is 1.97 bits per heavy atom. The van der Waals surface area contributed by atoms with Crippen LogP contribution in [0.2, 0.25) is 0 Å². The molecule has 2 aromatic carbocycles. The second-order valence-corrected chi connectivity index (χ2v) is 7.27. The van der Waals surface area contributed by atoms with E-state index >= 15 is 0 Å². The molecular weight excluding hydrogens is 380 g/mol. The lowest BCUT2D eigenvalue weighted by Crippen LogP contribution is -2.33. The number of hydrogen-bond donors (Lipinski definition) is 2. The van der Waals surface area contributed by atoms with E-state index < -0.39 is 0 Å². The smallest absolute Gasteiger partial charge is 0.240 e. The summed E-state index contributed by atoms with van der Waals surface area (Å²) >= 11 is 0. The van der Waals surface area contributed by atoms with E-state index in [1.165, 1.54) is 0 Å². The molecule has 4 rings (SSSR count). The van der Waals surface area contributed by atoms with Gasteiger partial charge in [-0.2, -0.15) is 5.10 Å².